The van der Waals surface area contributed by atoms with Gasteiger partial charge in [-0.05, 0) is 31.5 Å². The van der Waals surface area contributed by atoms with Crippen molar-refractivity contribution in [1.82, 2.24) is 4.90 Å². The number of rotatable bonds is 6. The summed E-state index contributed by atoms with van der Waals surface area (Å²) in [7, 11) is 1.47. The number of carbonyl (C=O) groups excluding carboxylic acids is 1. The van der Waals surface area contributed by atoms with Crippen LogP contribution in [0.4, 0.5) is 0 Å². The van der Waals surface area contributed by atoms with Gasteiger partial charge in [-0.25, -0.2) is 4.79 Å². The Bertz CT molecular complexity index is 476. The average molecular weight is 286 g/mol. The molecule has 5 nitrogen and oxygen atoms in total. The van der Waals surface area contributed by atoms with Gasteiger partial charge in [-0.2, -0.15) is 0 Å². The topological polar surface area (TPSA) is 66.8 Å². The third-order valence-corrected chi connectivity index (χ3v) is 3.04. The first-order valence-corrected chi connectivity index (χ1v) is 6.09. The van der Waals surface area contributed by atoms with Crippen LogP contribution in [0.3, 0.4) is 0 Å². The number of ether oxygens (including phenoxy) is 1. The number of carboxylic acid groups (broad SMARTS) is 1. The average Bonchev–Trinajstić information content (AvgIpc) is 2.34. The number of halogens is 1. The van der Waals surface area contributed by atoms with E-state index in [4.69, 9.17) is 16.3 Å². The Hall–Kier alpha value is -1.75. The summed E-state index contributed by atoms with van der Waals surface area (Å²) in [5, 5.41) is 9.63. The van der Waals surface area contributed by atoms with E-state index < -0.39 is 12.0 Å². The molecule has 0 radical (unpaired) electrons. The Kier molecular flexibility index (Phi) is 5.18. The summed E-state index contributed by atoms with van der Waals surface area (Å²) < 4.78 is 5.01. The van der Waals surface area contributed by atoms with E-state index in [0.29, 0.717) is 22.7 Å². The molecule has 1 atom stereocenters. The number of hydrogen-bond donors (Lipinski definition) is 1. The Balaban J connectivity index is 3.23. The molecular formula is C13H16ClNO4. The molecule has 0 aliphatic rings. The molecule has 0 heterocycles. The van der Waals surface area contributed by atoms with Crippen LogP contribution in [-0.2, 0) is 9.59 Å². The summed E-state index contributed by atoms with van der Waals surface area (Å²) in [5.74, 6) is -0.654. The molecule has 1 rings (SSSR count). The maximum atomic E-state index is 11.4. The van der Waals surface area contributed by atoms with Crippen molar-refractivity contribution in [3.05, 3.63) is 28.8 Å². The van der Waals surface area contributed by atoms with Gasteiger partial charge in [-0.3, -0.25) is 4.79 Å². The predicted octanol–water partition coefficient (Wildman–Crippen LogP) is 2.34. The van der Waals surface area contributed by atoms with Gasteiger partial charge in [0.25, 0.3) is 0 Å². The van der Waals surface area contributed by atoms with Crippen molar-refractivity contribution in [3.63, 3.8) is 0 Å². The van der Waals surface area contributed by atoms with Gasteiger partial charge in [-0.15, -0.1) is 0 Å². The number of carbonyl (C=O) groups is 2. The Morgan fingerprint density at radius 1 is 1.47 bits per heavy atom. The minimum Gasteiger partial charge on any atom is -0.495 e. The predicted molar refractivity (Wildman–Crippen MR) is 71.4 cm³/mol. The van der Waals surface area contributed by atoms with Crippen LogP contribution >= 0.6 is 11.6 Å². The molecule has 1 aromatic carbocycles. The molecule has 0 aliphatic carbocycles. The first-order valence-electron chi connectivity index (χ1n) is 5.71. The number of carboxylic acids is 1. The fourth-order valence-electron chi connectivity index (χ4n) is 1.78. The van der Waals surface area contributed by atoms with Crippen LogP contribution in [0.25, 0.3) is 0 Å². The van der Waals surface area contributed by atoms with Gasteiger partial charge in [-0.1, -0.05) is 17.7 Å². The summed E-state index contributed by atoms with van der Waals surface area (Å²) >= 11 is 5.98. The molecular weight excluding hydrogens is 270 g/mol. The van der Waals surface area contributed by atoms with Gasteiger partial charge < -0.3 is 14.7 Å². The standard InChI is InChI=1S/C13H16ClNO4/c1-8(2)15(7-16)12(13(17)18)9-4-5-11(19-3)10(14)6-9/h4-8,12H,1-3H3,(H,17,18). The van der Waals surface area contributed by atoms with Crippen molar-refractivity contribution in [2.45, 2.75) is 25.9 Å². The number of aliphatic carboxylic acids is 1. The van der Waals surface area contributed by atoms with Gasteiger partial charge in [0.15, 0.2) is 6.04 Å². The molecule has 1 unspecified atom stereocenters. The van der Waals surface area contributed by atoms with Crippen molar-refractivity contribution >= 4 is 24.0 Å². The van der Waals surface area contributed by atoms with Crippen molar-refractivity contribution in [3.8, 4) is 5.75 Å². The van der Waals surface area contributed by atoms with Crippen LogP contribution in [0.15, 0.2) is 18.2 Å². The summed E-state index contributed by atoms with van der Waals surface area (Å²) in [4.78, 5) is 23.7. The summed E-state index contributed by atoms with van der Waals surface area (Å²) in [6, 6.07) is 3.36. The van der Waals surface area contributed by atoms with Gasteiger partial charge in [0.05, 0.1) is 12.1 Å². The van der Waals surface area contributed by atoms with E-state index >= 15 is 0 Å². The molecule has 19 heavy (non-hydrogen) atoms. The lowest BCUT2D eigenvalue weighted by molar-refractivity contribution is -0.147. The first-order chi connectivity index (χ1) is 8.92. The normalized spacial score (nSPS) is 12.1. The molecule has 0 aliphatic heterocycles. The minimum atomic E-state index is -1.11. The fraction of sp³-hybridized carbons (Fsp3) is 0.385. The van der Waals surface area contributed by atoms with Crippen molar-refractivity contribution in [2.24, 2.45) is 0 Å². The highest BCUT2D eigenvalue weighted by Gasteiger charge is 2.28. The number of hydrogen-bond acceptors (Lipinski definition) is 3. The molecule has 6 heteroatoms. The molecule has 0 fully saturated rings. The van der Waals surface area contributed by atoms with E-state index in [1.54, 1.807) is 26.0 Å². The largest absolute Gasteiger partial charge is 0.495 e. The van der Waals surface area contributed by atoms with Crippen LogP contribution in [-0.4, -0.2) is 35.5 Å². The molecule has 0 saturated heterocycles. The fourth-order valence-corrected chi connectivity index (χ4v) is 2.04. The van der Waals surface area contributed by atoms with E-state index in [-0.39, 0.29) is 6.04 Å². The highest BCUT2D eigenvalue weighted by atomic mass is 35.5. The molecule has 1 amide bonds. The molecule has 0 saturated carbocycles. The third-order valence-electron chi connectivity index (χ3n) is 2.74. The lowest BCUT2D eigenvalue weighted by Gasteiger charge is -2.29. The SMILES string of the molecule is COc1ccc(C(C(=O)O)N(C=O)C(C)C)cc1Cl. The van der Waals surface area contributed by atoms with E-state index in [1.165, 1.54) is 18.1 Å². The molecule has 0 aromatic heterocycles. The summed E-state index contributed by atoms with van der Waals surface area (Å²) in [6.07, 6.45) is 0.529. The maximum absolute atomic E-state index is 11.4. The van der Waals surface area contributed by atoms with E-state index in [0.717, 1.165) is 0 Å². The van der Waals surface area contributed by atoms with Crippen LogP contribution in [0.2, 0.25) is 5.02 Å². The summed E-state index contributed by atoms with van der Waals surface area (Å²) in [6.45, 7) is 3.49. The lowest BCUT2D eigenvalue weighted by atomic mass is 10.0. The zero-order valence-corrected chi connectivity index (χ0v) is 11.7. The molecule has 1 N–H and O–H groups in total. The molecule has 0 spiro atoms. The first kappa shape index (κ1) is 15.3. The molecule has 1 aromatic rings. The highest BCUT2D eigenvalue weighted by molar-refractivity contribution is 6.32. The van der Waals surface area contributed by atoms with Crippen LogP contribution < -0.4 is 4.74 Å². The zero-order valence-electron chi connectivity index (χ0n) is 11.0. The van der Waals surface area contributed by atoms with Gasteiger partial charge in [0.2, 0.25) is 6.41 Å². The van der Waals surface area contributed by atoms with E-state index in [2.05, 4.69) is 0 Å². The van der Waals surface area contributed by atoms with E-state index in [1.807, 2.05) is 0 Å². The second-order valence-corrected chi connectivity index (χ2v) is 4.69. The zero-order chi connectivity index (χ0) is 14.6. The highest BCUT2D eigenvalue weighted by Crippen LogP contribution is 2.30. The number of benzene rings is 1. The van der Waals surface area contributed by atoms with Crippen molar-refractivity contribution in [2.75, 3.05) is 7.11 Å². The Morgan fingerprint density at radius 2 is 2.11 bits per heavy atom. The summed E-state index contributed by atoms with van der Waals surface area (Å²) in [5.41, 5.74) is 0.430. The smallest absolute Gasteiger partial charge is 0.331 e. The van der Waals surface area contributed by atoms with E-state index in [9.17, 15) is 14.7 Å². The minimum absolute atomic E-state index is 0.237. The van der Waals surface area contributed by atoms with Crippen molar-refractivity contribution < 1.29 is 19.4 Å². The van der Waals surface area contributed by atoms with Crippen molar-refractivity contribution in [1.29, 1.82) is 0 Å². The second-order valence-electron chi connectivity index (χ2n) is 4.28. The van der Waals surface area contributed by atoms with Gasteiger partial charge >= 0.3 is 5.97 Å². The molecule has 104 valence electrons. The van der Waals surface area contributed by atoms with Crippen LogP contribution in [0.5, 0.6) is 5.75 Å². The Labute approximate surface area is 116 Å². The lowest BCUT2D eigenvalue weighted by Crippen LogP contribution is -2.38. The van der Waals surface area contributed by atoms with Gasteiger partial charge in [0.1, 0.15) is 5.75 Å². The third kappa shape index (κ3) is 3.38. The molecule has 0 bridgehead atoms. The van der Waals surface area contributed by atoms with Crippen LogP contribution in [0, 0.1) is 0 Å². The maximum Gasteiger partial charge on any atom is 0.331 e. The quantitative estimate of drug-likeness (QED) is 0.815. The number of amides is 1. The van der Waals surface area contributed by atoms with Gasteiger partial charge in [0, 0.05) is 6.04 Å². The van der Waals surface area contributed by atoms with Crippen LogP contribution in [0.1, 0.15) is 25.5 Å². The second kappa shape index (κ2) is 6.43. The number of methoxy groups -OCH3 is 1. The monoisotopic (exact) mass is 285 g/mol. The number of nitrogens with zero attached hydrogens (tertiary/aromatic N) is 1. The Morgan fingerprint density at radius 3 is 2.47 bits per heavy atom.